The summed E-state index contributed by atoms with van der Waals surface area (Å²) in [6.07, 6.45) is -0.701. The highest BCUT2D eigenvalue weighted by Crippen LogP contribution is 2.15. The lowest BCUT2D eigenvalue weighted by molar-refractivity contribution is -0.144. The van der Waals surface area contributed by atoms with Crippen LogP contribution >= 0.6 is 0 Å². The second-order valence-electron chi connectivity index (χ2n) is 4.03. The molecule has 1 aromatic carbocycles. The molecule has 0 amide bonds. The van der Waals surface area contributed by atoms with Crippen molar-refractivity contribution in [3.63, 3.8) is 0 Å². The van der Waals surface area contributed by atoms with E-state index in [-0.39, 0.29) is 13.2 Å². The summed E-state index contributed by atoms with van der Waals surface area (Å²) in [6.45, 7) is 0.105. The van der Waals surface area contributed by atoms with Crippen LogP contribution in [0.15, 0.2) is 24.3 Å². The van der Waals surface area contributed by atoms with Gasteiger partial charge in [0.2, 0.25) is 0 Å². The van der Waals surface area contributed by atoms with Gasteiger partial charge in [0.15, 0.2) is 12.9 Å². The van der Waals surface area contributed by atoms with Gasteiger partial charge in [0, 0.05) is 13.5 Å². The molecule has 0 bridgehead atoms. The molecule has 1 aromatic rings. The number of hydrogen-bond acceptors (Lipinski definition) is 6. The molecule has 0 aliphatic rings. The van der Waals surface area contributed by atoms with Crippen LogP contribution in [-0.4, -0.2) is 45.8 Å². The minimum atomic E-state index is -3.83. The molecule has 8 heteroatoms. The van der Waals surface area contributed by atoms with Crippen LogP contribution < -0.4 is 4.74 Å². The van der Waals surface area contributed by atoms with Gasteiger partial charge >= 0.3 is 5.97 Å². The Hall–Kier alpha value is -1.64. The molecule has 7 nitrogen and oxygen atoms in total. The minimum Gasteiger partial charge on any atom is -0.479 e. The molecule has 0 fully saturated rings. The highest BCUT2D eigenvalue weighted by atomic mass is 32.2. The second kappa shape index (κ2) is 7.22. The molecule has 0 spiro atoms. The van der Waals surface area contributed by atoms with Crippen LogP contribution in [-0.2, 0) is 30.3 Å². The summed E-state index contributed by atoms with van der Waals surface area (Å²) in [7, 11) is -2.34. The van der Waals surface area contributed by atoms with E-state index < -0.39 is 22.2 Å². The van der Waals surface area contributed by atoms with Crippen molar-refractivity contribution >= 4 is 16.1 Å². The summed E-state index contributed by atoms with van der Waals surface area (Å²) in [5.74, 6) is -0.776. The minimum absolute atomic E-state index is 0.0625. The Kier molecular flexibility index (Phi) is 5.93. The zero-order valence-corrected chi connectivity index (χ0v) is 11.9. The van der Waals surface area contributed by atoms with Gasteiger partial charge in [-0.25, -0.2) is 4.79 Å². The van der Waals surface area contributed by atoms with Crippen molar-refractivity contribution in [3.8, 4) is 5.75 Å². The van der Waals surface area contributed by atoms with Crippen LogP contribution in [0.2, 0.25) is 0 Å². The smallest absolute Gasteiger partial charge is 0.334 e. The lowest BCUT2D eigenvalue weighted by Gasteiger charge is -2.12. The first-order chi connectivity index (χ1) is 9.31. The number of aliphatic carboxylic acids is 1. The maximum atomic E-state index is 11.0. The Balaban J connectivity index is 2.71. The molecule has 0 aliphatic heterocycles. The molecule has 20 heavy (non-hydrogen) atoms. The standard InChI is InChI=1S/C12H16O7S/c1-17-8-18-10-5-3-9(4-6-10)7-11(12(13)14)19-20(2,15)16/h3-6,11H,7-8H2,1-2H3,(H,13,14). The van der Waals surface area contributed by atoms with Gasteiger partial charge in [-0.05, 0) is 17.7 Å². The highest BCUT2D eigenvalue weighted by molar-refractivity contribution is 7.86. The van der Waals surface area contributed by atoms with Crippen molar-refractivity contribution in [2.24, 2.45) is 0 Å². The number of rotatable bonds is 8. The van der Waals surface area contributed by atoms with Crippen LogP contribution in [0, 0.1) is 0 Å². The third-order valence-electron chi connectivity index (χ3n) is 2.25. The number of benzene rings is 1. The first kappa shape index (κ1) is 16.4. The van der Waals surface area contributed by atoms with E-state index >= 15 is 0 Å². The fraction of sp³-hybridized carbons (Fsp3) is 0.417. The first-order valence-electron chi connectivity index (χ1n) is 5.63. The maximum Gasteiger partial charge on any atom is 0.334 e. The van der Waals surface area contributed by atoms with Crippen molar-refractivity contribution in [1.29, 1.82) is 0 Å². The van der Waals surface area contributed by atoms with Gasteiger partial charge in [-0.1, -0.05) is 12.1 Å². The molecule has 1 N–H and O–H groups in total. The first-order valence-corrected chi connectivity index (χ1v) is 7.45. The molecule has 1 rings (SSSR count). The number of hydrogen-bond donors (Lipinski definition) is 1. The summed E-state index contributed by atoms with van der Waals surface area (Å²) < 4.78 is 36.4. The van der Waals surface area contributed by atoms with Gasteiger partial charge < -0.3 is 14.6 Å². The van der Waals surface area contributed by atoms with E-state index in [1.54, 1.807) is 24.3 Å². The summed E-state index contributed by atoms with van der Waals surface area (Å²) in [5.41, 5.74) is 0.616. The van der Waals surface area contributed by atoms with Gasteiger partial charge in [0.05, 0.1) is 6.26 Å². The van der Waals surface area contributed by atoms with Gasteiger partial charge in [-0.2, -0.15) is 8.42 Å². The molecule has 0 aliphatic carbocycles. The van der Waals surface area contributed by atoms with E-state index in [0.717, 1.165) is 6.26 Å². The molecule has 0 aromatic heterocycles. The molecular weight excluding hydrogens is 288 g/mol. The fourth-order valence-electron chi connectivity index (χ4n) is 1.44. The van der Waals surface area contributed by atoms with Crippen LogP contribution in [0.25, 0.3) is 0 Å². The Morgan fingerprint density at radius 3 is 2.35 bits per heavy atom. The van der Waals surface area contributed by atoms with Gasteiger partial charge in [-0.3, -0.25) is 4.18 Å². The second-order valence-corrected chi connectivity index (χ2v) is 5.63. The Bertz CT molecular complexity index is 535. The molecule has 0 saturated heterocycles. The van der Waals surface area contributed by atoms with Crippen LogP contribution in [0.3, 0.4) is 0 Å². The van der Waals surface area contributed by atoms with Gasteiger partial charge in [-0.15, -0.1) is 0 Å². The number of carboxylic acid groups (broad SMARTS) is 1. The third kappa shape index (κ3) is 6.00. The summed E-state index contributed by atoms with van der Waals surface area (Å²) in [5, 5.41) is 8.94. The fourth-order valence-corrected chi connectivity index (χ4v) is 2.01. The SMILES string of the molecule is COCOc1ccc(CC(OS(C)(=O)=O)C(=O)O)cc1. The molecular formula is C12H16O7S. The van der Waals surface area contributed by atoms with Crippen LogP contribution in [0.5, 0.6) is 5.75 Å². The quantitative estimate of drug-likeness (QED) is 0.555. The maximum absolute atomic E-state index is 11.0. The molecule has 1 atom stereocenters. The Morgan fingerprint density at radius 2 is 1.90 bits per heavy atom. The normalized spacial score (nSPS) is 12.9. The van der Waals surface area contributed by atoms with E-state index in [1.165, 1.54) is 7.11 Å². The Morgan fingerprint density at radius 1 is 1.30 bits per heavy atom. The van der Waals surface area contributed by atoms with Crippen LogP contribution in [0.4, 0.5) is 0 Å². The van der Waals surface area contributed by atoms with E-state index in [0.29, 0.717) is 11.3 Å². The third-order valence-corrected chi connectivity index (χ3v) is 2.84. The van der Waals surface area contributed by atoms with Crippen LogP contribution in [0.1, 0.15) is 5.56 Å². The molecule has 0 saturated carbocycles. The number of carbonyl (C=O) groups is 1. The summed E-state index contributed by atoms with van der Waals surface area (Å²) >= 11 is 0. The van der Waals surface area contributed by atoms with Crippen molar-refractivity contribution < 1.29 is 32.0 Å². The zero-order chi connectivity index (χ0) is 15.2. The topological polar surface area (TPSA) is 99.1 Å². The van der Waals surface area contributed by atoms with Crippen molar-refractivity contribution in [2.45, 2.75) is 12.5 Å². The number of carboxylic acids is 1. The molecule has 0 radical (unpaired) electrons. The number of ether oxygens (including phenoxy) is 2. The molecule has 1 unspecified atom stereocenters. The van der Waals surface area contributed by atoms with Gasteiger partial charge in [0.25, 0.3) is 10.1 Å². The predicted molar refractivity (Wildman–Crippen MR) is 70.0 cm³/mol. The zero-order valence-electron chi connectivity index (χ0n) is 11.1. The summed E-state index contributed by atoms with van der Waals surface area (Å²) in [6, 6.07) is 6.53. The highest BCUT2D eigenvalue weighted by Gasteiger charge is 2.23. The van der Waals surface area contributed by atoms with E-state index in [9.17, 15) is 13.2 Å². The predicted octanol–water partition coefficient (Wildman–Crippen LogP) is 0.641. The van der Waals surface area contributed by atoms with E-state index in [1.807, 2.05) is 0 Å². The molecule has 112 valence electrons. The summed E-state index contributed by atoms with van der Waals surface area (Å²) in [4.78, 5) is 11.0. The Labute approximate surface area is 117 Å². The lowest BCUT2D eigenvalue weighted by Crippen LogP contribution is -2.28. The van der Waals surface area contributed by atoms with Crippen molar-refractivity contribution in [2.75, 3.05) is 20.2 Å². The average Bonchev–Trinajstić information content (AvgIpc) is 2.35. The largest absolute Gasteiger partial charge is 0.479 e. The number of methoxy groups -OCH3 is 1. The average molecular weight is 304 g/mol. The van der Waals surface area contributed by atoms with E-state index in [2.05, 4.69) is 4.18 Å². The van der Waals surface area contributed by atoms with Crippen molar-refractivity contribution in [1.82, 2.24) is 0 Å². The van der Waals surface area contributed by atoms with Crippen molar-refractivity contribution in [3.05, 3.63) is 29.8 Å². The monoisotopic (exact) mass is 304 g/mol. The van der Waals surface area contributed by atoms with E-state index in [4.69, 9.17) is 14.6 Å². The van der Waals surface area contributed by atoms with Gasteiger partial charge in [0.1, 0.15) is 5.75 Å². The lowest BCUT2D eigenvalue weighted by atomic mass is 10.1. The molecule has 0 heterocycles.